The largest absolute Gasteiger partial charge is 0.386 e. The summed E-state index contributed by atoms with van der Waals surface area (Å²) in [5.74, 6) is -0.181. The number of aliphatic imine (C=N–C) groups is 1. The molecule has 0 fully saturated rings. The molecule has 0 saturated carbocycles. The van der Waals surface area contributed by atoms with Crippen molar-refractivity contribution >= 4 is 50.7 Å². The summed E-state index contributed by atoms with van der Waals surface area (Å²) in [6, 6.07) is 2.60. The first-order valence-corrected chi connectivity index (χ1v) is 5.28. The maximum atomic E-state index is 13.1. The summed E-state index contributed by atoms with van der Waals surface area (Å²) in [6.45, 7) is 0. The average molecular weight is 300 g/mol. The fourth-order valence-electron chi connectivity index (χ4n) is 0.782. The van der Waals surface area contributed by atoms with Gasteiger partial charge in [0.05, 0.1) is 21.1 Å². The number of amidine groups is 1. The normalized spacial score (nSPS) is 11.9. The Morgan fingerprint density at radius 3 is 2.79 bits per heavy atom. The Morgan fingerprint density at radius 1 is 1.57 bits per heavy atom. The molecule has 0 aliphatic heterocycles. The highest BCUT2D eigenvalue weighted by Gasteiger charge is 2.06. The van der Waals surface area contributed by atoms with Crippen molar-refractivity contribution in [1.29, 1.82) is 0 Å². The molecule has 0 amide bonds. The number of hydrogen-bond donors (Lipinski definition) is 1. The molecule has 0 spiro atoms. The van der Waals surface area contributed by atoms with Crippen LogP contribution < -0.4 is 5.73 Å². The van der Waals surface area contributed by atoms with Crippen LogP contribution in [0, 0.1) is 5.82 Å². The molecule has 0 atom stereocenters. The minimum Gasteiger partial charge on any atom is -0.386 e. The highest BCUT2D eigenvalue weighted by Crippen LogP contribution is 2.30. The molecule has 0 aliphatic rings. The van der Waals surface area contributed by atoms with Crippen molar-refractivity contribution in [2.24, 2.45) is 10.7 Å². The van der Waals surface area contributed by atoms with E-state index in [1.165, 1.54) is 12.1 Å². The maximum Gasteiger partial charge on any atom is 0.139 e. The van der Waals surface area contributed by atoms with Gasteiger partial charge in [0.2, 0.25) is 0 Å². The summed E-state index contributed by atoms with van der Waals surface area (Å²) in [5, 5.41) is 0.311. The molecule has 0 saturated heterocycles. The number of rotatable bonds is 2. The molecular formula is C8H6BrCl2FN2. The smallest absolute Gasteiger partial charge is 0.139 e. The van der Waals surface area contributed by atoms with Crippen molar-refractivity contribution in [1.82, 2.24) is 0 Å². The van der Waals surface area contributed by atoms with E-state index in [0.717, 1.165) is 0 Å². The summed E-state index contributed by atoms with van der Waals surface area (Å²) in [5.41, 5.74) is 5.66. The Hall–Kier alpha value is -0.320. The highest BCUT2D eigenvalue weighted by molar-refractivity contribution is 9.10. The van der Waals surface area contributed by atoms with Crippen molar-refractivity contribution in [2.45, 2.75) is 0 Å². The van der Waals surface area contributed by atoms with Gasteiger partial charge in [-0.2, -0.15) is 0 Å². The minimum atomic E-state index is -0.449. The van der Waals surface area contributed by atoms with Crippen LogP contribution in [0.2, 0.25) is 5.02 Å². The fourth-order valence-corrected chi connectivity index (χ4v) is 1.52. The lowest BCUT2D eigenvalue weighted by molar-refractivity contribution is 0.621. The van der Waals surface area contributed by atoms with Gasteiger partial charge in [-0.1, -0.05) is 11.6 Å². The molecule has 0 heterocycles. The van der Waals surface area contributed by atoms with Crippen LogP contribution in [0.4, 0.5) is 10.1 Å². The number of alkyl halides is 1. The summed E-state index contributed by atoms with van der Waals surface area (Å²) in [7, 11) is 0. The number of hydrogen-bond acceptors (Lipinski definition) is 1. The lowest BCUT2D eigenvalue weighted by Gasteiger charge is -2.01. The van der Waals surface area contributed by atoms with Crippen molar-refractivity contribution in [3.05, 3.63) is 27.4 Å². The second-order valence-corrected chi connectivity index (χ2v) is 3.98. The molecule has 0 bridgehead atoms. The minimum absolute atomic E-state index is 0.0774. The second-order valence-electron chi connectivity index (χ2n) is 2.45. The van der Waals surface area contributed by atoms with Crippen molar-refractivity contribution in [3.8, 4) is 0 Å². The molecule has 2 nitrogen and oxygen atoms in total. The third-order valence-electron chi connectivity index (χ3n) is 1.39. The van der Waals surface area contributed by atoms with E-state index in [1.54, 1.807) is 0 Å². The summed E-state index contributed by atoms with van der Waals surface area (Å²) in [6.07, 6.45) is 0. The number of halogens is 4. The molecule has 6 heteroatoms. The molecule has 0 aromatic heterocycles. The van der Waals surface area contributed by atoms with Crippen LogP contribution in [0.1, 0.15) is 0 Å². The average Bonchev–Trinajstić information content (AvgIpc) is 2.14. The zero-order valence-electron chi connectivity index (χ0n) is 6.90. The van der Waals surface area contributed by atoms with Gasteiger partial charge >= 0.3 is 0 Å². The molecule has 2 N–H and O–H groups in total. The zero-order valence-corrected chi connectivity index (χ0v) is 10.00. The Labute approximate surface area is 99.0 Å². The van der Waals surface area contributed by atoms with E-state index < -0.39 is 5.82 Å². The van der Waals surface area contributed by atoms with Crippen LogP contribution in [0.25, 0.3) is 0 Å². The molecule has 1 aromatic carbocycles. The van der Waals surface area contributed by atoms with Gasteiger partial charge in [0.15, 0.2) is 0 Å². The molecule has 14 heavy (non-hydrogen) atoms. The molecule has 1 aromatic rings. The standard InChI is InChI=1S/C8H6BrCl2FN2/c9-4-1-5(11)7(2-6(4)12)14-8(13)3-10/h1-2H,3H2,(H2,13,14). The van der Waals surface area contributed by atoms with Gasteiger partial charge in [0, 0.05) is 6.07 Å². The summed E-state index contributed by atoms with van der Waals surface area (Å²) < 4.78 is 13.3. The molecule has 76 valence electrons. The molecule has 0 radical (unpaired) electrons. The zero-order chi connectivity index (χ0) is 10.7. The van der Waals surface area contributed by atoms with E-state index in [-0.39, 0.29) is 21.9 Å². The van der Waals surface area contributed by atoms with Gasteiger partial charge in [-0.05, 0) is 22.0 Å². The van der Waals surface area contributed by atoms with E-state index >= 15 is 0 Å². The first-order valence-electron chi connectivity index (χ1n) is 3.58. The lowest BCUT2D eigenvalue weighted by atomic mass is 10.3. The van der Waals surface area contributed by atoms with Crippen molar-refractivity contribution in [3.63, 3.8) is 0 Å². The van der Waals surface area contributed by atoms with Crippen LogP contribution >= 0.6 is 39.1 Å². The highest BCUT2D eigenvalue weighted by atomic mass is 79.9. The van der Waals surface area contributed by atoms with Gasteiger partial charge in [-0.3, -0.25) is 0 Å². The number of nitrogens with two attached hydrogens (primary N) is 1. The number of nitrogens with zero attached hydrogens (tertiary/aromatic N) is 1. The fraction of sp³-hybridized carbons (Fsp3) is 0.125. The van der Waals surface area contributed by atoms with Gasteiger partial charge < -0.3 is 5.73 Å². The van der Waals surface area contributed by atoms with Gasteiger partial charge in [0.1, 0.15) is 11.7 Å². The van der Waals surface area contributed by atoms with Crippen molar-refractivity contribution in [2.75, 3.05) is 5.88 Å². The van der Waals surface area contributed by atoms with Crippen molar-refractivity contribution < 1.29 is 4.39 Å². The summed E-state index contributed by atoms with van der Waals surface area (Å²) in [4.78, 5) is 3.85. The van der Waals surface area contributed by atoms with Crippen LogP contribution in [0.3, 0.4) is 0 Å². The predicted molar refractivity (Wildman–Crippen MR) is 61.1 cm³/mol. The Kier molecular flexibility index (Phi) is 4.16. The molecular weight excluding hydrogens is 294 g/mol. The first-order chi connectivity index (χ1) is 6.54. The third-order valence-corrected chi connectivity index (χ3v) is 2.57. The third kappa shape index (κ3) is 2.83. The van der Waals surface area contributed by atoms with E-state index in [4.69, 9.17) is 28.9 Å². The van der Waals surface area contributed by atoms with E-state index in [9.17, 15) is 4.39 Å². The van der Waals surface area contributed by atoms with Crippen LogP contribution in [-0.4, -0.2) is 11.7 Å². The van der Waals surface area contributed by atoms with E-state index in [0.29, 0.717) is 5.02 Å². The maximum absolute atomic E-state index is 13.1. The van der Waals surface area contributed by atoms with Gasteiger partial charge in [-0.15, -0.1) is 11.6 Å². The monoisotopic (exact) mass is 298 g/mol. The van der Waals surface area contributed by atoms with E-state index in [2.05, 4.69) is 20.9 Å². The summed E-state index contributed by atoms with van der Waals surface area (Å²) >= 11 is 14.2. The Bertz CT molecular complexity index is 382. The predicted octanol–water partition coefficient (Wildman–Crippen LogP) is 3.47. The van der Waals surface area contributed by atoms with Crippen LogP contribution in [0.15, 0.2) is 21.6 Å². The Balaban J connectivity index is 3.16. The number of benzene rings is 1. The Morgan fingerprint density at radius 2 is 2.21 bits per heavy atom. The topological polar surface area (TPSA) is 38.4 Å². The lowest BCUT2D eigenvalue weighted by Crippen LogP contribution is -2.12. The first kappa shape index (κ1) is 11.8. The van der Waals surface area contributed by atoms with E-state index in [1.807, 2.05) is 0 Å². The molecule has 0 aliphatic carbocycles. The quantitative estimate of drug-likeness (QED) is 0.386. The SMILES string of the molecule is NC(CCl)=Nc1cc(F)c(Br)cc1Cl. The molecule has 0 unspecified atom stereocenters. The van der Waals surface area contributed by atoms with Crippen LogP contribution in [0.5, 0.6) is 0 Å². The second kappa shape index (κ2) is 4.96. The van der Waals surface area contributed by atoms with Crippen LogP contribution in [-0.2, 0) is 0 Å². The van der Waals surface area contributed by atoms with Gasteiger partial charge in [-0.25, -0.2) is 9.38 Å². The molecule has 1 rings (SSSR count). The van der Waals surface area contributed by atoms with Gasteiger partial charge in [0.25, 0.3) is 0 Å².